The van der Waals surface area contributed by atoms with Crippen molar-refractivity contribution < 1.29 is 9.72 Å². The summed E-state index contributed by atoms with van der Waals surface area (Å²) in [5.74, 6) is 0.266. The number of anilines is 1. The molecule has 0 fully saturated rings. The van der Waals surface area contributed by atoms with E-state index in [1.165, 1.54) is 12.1 Å². The van der Waals surface area contributed by atoms with Crippen LogP contribution in [0.1, 0.15) is 13.8 Å². The molecule has 1 rings (SSSR count). The Morgan fingerprint density at radius 2 is 2.17 bits per heavy atom. The van der Waals surface area contributed by atoms with Crippen LogP contribution in [0, 0.1) is 16.0 Å². The van der Waals surface area contributed by atoms with E-state index in [1.807, 2.05) is 13.8 Å². The Kier molecular flexibility index (Phi) is 5.10. The topological polar surface area (TPSA) is 84.3 Å². The van der Waals surface area contributed by atoms with Crippen molar-refractivity contribution in [3.8, 4) is 0 Å². The molecule has 0 heterocycles. The lowest BCUT2D eigenvalue weighted by molar-refractivity contribution is -0.384. The second-order valence-corrected chi connectivity index (χ2v) is 4.36. The number of amides is 1. The van der Waals surface area contributed by atoms with Gasteiger partial charge in [0.15, 0.2) is 0 Å². The minimum absolute atomic E-state index is 0.00240. The van der Waals surface area contributed by atoms with Crippen molar-refractivity contribution in [2.75, 3.05) is 18.4 Å². The lowest BCUT2D eigenvalue weighted by Crippen LogP contribution is -2.32. The number of carbonyl (C=O) groups is 1. The molecule has 0 aromatic heterocycles. The summed E-state index contributed by atoms with van der Waals surface area (Å²) < 4.78 is 0. The summed E-state index contributed by atoms with van der Waals surface area (Å²) in [7, 11) is 0. The van der Waals surface area contributed by atoms with E-state index in [0.717, 1.165) is 0 Å². The summed E-state index contributed by atoms with van der Waals surface area (Å²) in [5, 5.41) is 16.2. The highest BCUT2D eigenvalue weighted by Gasteiger charge is 2.06. The van der Waals surface area contributed by atoms with Gasteiger partial charge in [0.2, 0.25) is 5.91 Å². The van der Waals surface area contributed by atoms with Gasteiger partial charge in [0.05, 0.1) is 11.5 Å². The van der Waals surface area contributed by atoms with Crippen molar-refractivity contribution >= 4 is 17.3 Å². The van der Waals surface area contributed by atoms with Crippen molar-refractivity contribution in [3.05, 3.63) is 34.4 Å². The number of nitrogens with zero attached hydrogens (tertiary/aromatic N) is 1. The fourth-order valence-corrected chi connectivity index (χ4v) is 1.29. The monoisotopic (exact) mass is 251 g/mol. The third-order valence-electron chi connectivity index (χ3n) is 2.22. The maximum Gasteiger partial charge on any atom is 0.271 e. The van der Waals surface area contributed by atoms with Gasteiger partial charge in [-0.2, -0.15) is 0 Å². The van der Waals surface area contributed by atoms with Gasteiger partial charge in [0, 0.05) is 24.4 Å². The normalized spacial score (nSPS) is 10.2. The number of benzene rings is 1. The Balaban J connectivity index is 2.46. The number of nitrogens with one attached hydrogen (secondary N) is 2. The van der Waals surface area contributed by atoms with Crippen LogP contribution in [-0.2, 0) is 4.79 Å². The van der Waals surface area contributed by atoms with Crippen molar-refractivity contribution in [1.29, 1.82) is 0 Å². The number of carbonyl (C=O) groups excluding carboxylic acids is 1. The number of rotatable bonds is 6. The zero-order chi connectivity index (χ0) is 13.5. The molecule has 0 aliphatic carbocycles. The molecule has 0 atom stereocenters. The van der Waals surface area contributed by atoms with Gasteiger partial charge in [-0.3, -0.25) is 14.9 Å². The Morgan fingerprint density at radius 1 is 1.44 bits per heavy atom. The van der Waals surface area contributed by atoms with Gasteiger partial charge in [0.25, 0.3) is 5.69 Å². The van der Waals surface area contributed by atoms with Crippen LogP contribution < -0.4 is 10.6 Å². The summed E-state index contributed by atoms with van der Waals surface area (Å²) in [4.78, 5) is 21.5. The molecular weight excluding hydrogens is 234 g/mol. The number of hydrogen-bond donors (Lipinski definition) is 2. The minimum atomic E-state index is -0.468. The summed E-state index contributed by atoms with van der Waals surface area (Å²) >= 11 is 0. The van der Waals surface area contributed by atoms with Crippen molar-refractivity contribution in [2.24, 2.45) is 5.92 Å². The molecule has 0 aliphatic rings. The van der Waals surface area contributed by atoms with Gasteiger partial charge in [-0.05, 0) is 12.0 Å². The molecule has 1 amide bonds. The summed E-state index contributed by atoms with van der Waals surface area (Å²) in [5.41, 5.74) is 0.562. The molecular formula is C12H17N3O3. The summed E-state index contributed by atoms with van der Waals surface area (Å²) in [6.45, 7) is 4.74. The molecule has 1 aromatic carbocycles. The Hall–Kier alpha value is -2.11. The lowest BCUT2D eigenvalue weighted by Gasteiger charge is -2.09. The van der Waals surface area contributed by atoms with Crippen LogP contribution in [-0.4, -0.2) is 23.9 Å². The Labute approximate surface area is 106 Å². The van der Waals surface area contributed by atoms with E-state index in [1.54, 1.807) is 12.1 Å². The van der Waals surface area contributed by atoms with Crippen LogP contribution >= 0.6 is 0 Å². The molecule has 98 valence electrons. The van der Waals surface area contributed by atoms with Crippen LogP contribution in [0.2, 0.25) is 0 Å². The first-order chi connectivity index (χ1) is 8.49. The molecule has 0 radical (unpaired) electrons. The van der Waals surface area contributed by atoms with Gasteiger partial charge < -0.3 is 10.6 Å². The minimum Gasteiger partial charge on any atom is -0.376 e. The maximum atomic E-state index is 11.4. The summed E-state index contributed by atoms with van der Waals surface area (Å²) in [6, 6.07) is 6.06. The van der Waals surface area contributed by atoms with Crippen molar-refractivity contribution in [3.63, 3.8) is 0 Å². The first kappa shape index (κ1) is 14.0. The van der Waals surface area contributed by atoms with E-state index in [2.05, 4.69) is 10.6 Å². The highest BCUT2D eigenvalue weighted by Crippen LogP contribution is 2.16. The van der Waals surface area contributed by atoms with Gasteiger partial charge in [0.1, 0.15) is 0 Å². The highest BCUT2D eigenvalue weighted by molar-refractivity contribution is 5.80. The van der Waals surface area contributed by atoms with Gasteiger partial charge in [-0.25, -0.2) is 0 Å². The number of hydrogen-bond acceptors (Lipinski definition) is 4. The Morgan fingerprint density at radius 3 is 2.78 bits per heavy atom. The highest BCUT2D eigenvalue weighted by atomic mass is 16.6. The van der Waals surface area contributed by atoms with E-state index < -0.39 is 4.92 Å². The van der Waals surface area contributed by atoms with Crippen molar-refractivity contribution in [1.82, 2.24) is 5.32 Å². The first-order valence-corrected chi connectivity index (χ1v) is 5.74. The van der Waals surface area contributed by atoms with Crippen LogP contribution in [0.4, 0.5) is 11.4 Å². The molecule has 2 N–H and O–H groups in total. The average Bonchev–Trinajstić information content (AvgIpc) is 2.34. The van der Waals surface area contributed by atoms with Crippen LogP contribution in [0.5, 0.6) is 0 Å². The zero-order valence-electron chi connectivity index (χ0n) is 10.5. The zero-order valence-corrected chi connectivity index (χ0v) is 10.5. The smallest absolute Gasteiger partial charge is 0.271 e. The van der Waals surface area contributed by atoms with Gasteiger partial charge in [-0.15, -0.1) is 0 Å². The standard InChI is InChI=1S/C12H17N3O3/c1-9(2)7-14-12(16)8-13-10-4-3-5-11(6-10)15(17)18/h3-6,9,13H,7-8H2,1-2H3,(H,14,16). The maximum absolute atomic E-state index is 11.4. The number of non-ortho nitro benzene ring substituents is 1. The third kappa shape index (κ3) is 4.82. The largest absolute Gasteiger partial charge is 0.376 e. The predicted octanol–water partition coefficient (Wildman–Crippen LogP) is 1.78. The van der Waals surface area contributed by atoms with Crippen molar-refractivity contribution in [2.45, 2.75) is 13.8 Å². The molecule has 0 saturated heterocycles. The molecule has 0 spiro atoms. The van der Waals surface area contributed by atoms with E-state index in [9.17, 15) is 14.9 Å². The van der Waals surface area contributed by atoms with Crippen LogP contribution in [0.25, 0.3) is 0 Å². The van der Waals surface area contributed by atoms with E-state index >= 15 is 0 Å². The van der Waals surface area contributed by atoms with E-state index in [0.29, 0.717) is 18.2 Å². The molecule has 0 unspecified atom stereocenters. The molecule has 0 saturated carbocycles. The lowest BCUT2D eigenvalue weighted by atomic mass is 10.2. The first-order valence-electron chi connectivity index (χ1n) is 5.74. The second-order valence-electron chi connectivity index (χ2n) is 4.36. The second kappa shape index (κ2) is 6.58. The SMILES string of the molecule is CC(C)CNC(=O)CNc1cccc([N+](=O)[O-])c1. The fourth-order valence-electron chi connectivity index (χ4n) is 1.29. The van der Waals surface area contributed by atoms with E-state index in [4.69, 9.17) is 0 Å². The van der Waals surface area contributed by atoms with Gasteiger partial charge >= 0.3 is 0 Å². The molecule has 18 heavy (non-hydrogen) atoms. The molecule has 0 bridgehead atoms. The third-order valence-corrected chi connectivity index (χ3v) is 2.22. The molecule has 6 heteroatoms. The van der Waals surface area contributed by atoms with Crippen LogP contribution in [0.15, 0.2) is 24.3 Å². The predicted molar refractivity (Wildman–Crippen MR) is 69.4 cm³/mol. The Bertz CT molecular complexity index is 432. The summed E-state index contributed by atoms with van der Waals surface area (Å²) in [6.07, 6.45) is 0. The quantitative estimate of drug-likeness (QED) is 0.596. The molecule has 0 aliphatic heterocycles. The average molecular weight is 251 g/mol. The fraction of sp³-hybridized carbons (Fsp3) is 0.417. The molecule has 6 nitrogen and oxygen atoms in total. The van der Waals surface area contributed by atoms with E-state index in [-0.39, 0.29) is 18.1 Å². The van der Waals surface area contributed by atoms with Gasteiger partial charge in [-0.1, -0.05) is 19.9 Å². The van der Waals surface area contributed by atoms with Crippen LogP contribution in [0.3, 0.4) is 0 Å². The number of nitro groups is 1. The number of nitro benzene ring substituents is 1. The molecule has 1 aromatic rings.